The van der Waals surface area contributed by atoms with E-state index in [0.29, 0.717) is 16.7 Å². The summed E-state index contributed by atoms with van der Waals surface area (Å²) < 4.78 is 0. The summed E-state index contributed by atoms with van der Waals surface area (Å²) in [6.45, 7) is 2.26. The first-order valence-electron chi connectivity index (χ1n) is 9.40. The Morgan fingerprint density at radius 2 is 1.96 bits per heavy atom. The molecule has 1 saturated carbocycles. The summed E-state index contributed by atoms with van der Waals surface area (Å²) in [4.78, 5) is 30.2. The number of hydrogen-bond acceptors (Lipinski definition) is 4. The highest BCUT2D eigenvalue weighted by Gasteiger charge is 2.17. The van der Waals surface area contributed by atoms with Crippen molar-refractivity contribution in [1.29, 1.82) is 0 Å². The van der Waals surface area contributed by atoms with E-state index >= 15 is 0 Å². The molecule has 6 heteroatoms. The lowest BCUT2D eigenvalue weighted by atomic mass is 9.89. The van der Waals surface area contributed by atoms with Crippen molar-refractivity contribution in [1.82, 2.24) is 10.3 Å². The van der Waals surface area contributed by atoms with Gasteiger partial charge in [0.15, 0.2) is 5.13 Å². The van der Waals surface area contributed by atoms with Crippen molar-refractivity contribution in [3.8, 4) is 0 Å². The van der Waals surface area contributed by atoms with Gasteiger partial charge < -0.3 is 5.32 Å². The van der Waals surface area contributed by atoms with E-state index < -0.39 is 0 Å². The topological polar surface area (TPSA) is 62.3 Å². The summed E-state index contributed by atoms with van der Waals surface area (Å²) in [5.41, 5.74) is 1.45. The number of rotatable bonds is 6. The van der Waals surface area contributed by atoms with Gasteiger partial charge in [0.2, 0.25) is 11.8 Å². The molecule has 142 valence electrons. The third-order valence-corrected chi connectivity index (χ3v) is 5.57. The molecule has 0 spiro atoms. The predicted octanol–water partition coefficient (Wildman–Crippen LogP) is 4.54. The van der Waals surface area contributed by atoms with Crippen LogP contribution in [-0.2, 0) is 9.59 Å². The number of benzene rings is 1. The Kier molecular flexibility index (Phi) is 6.76. The minimum Gasteiger partial charge on any atom is -0.352 e. The van der Waals surface area contributed by atoms with Crippen molar-refractivity contribution in [3.05, 3.63) is 47.5 Å². The highest BCUT2D eigenvalue weighted by molar-refractivity contribution is 7.14. The van der Waals surface area contributed by atoms with Crippen LogP contribution < -0.4 is 10.2 Å². The molecule has 1 fully saturated rings. The smallest absolute Gasteiger partial charge is 0.244 e. The second-order valence-electron chi connectivity index (χ2n) is 6.83. The highest BCUT2D eigenvalue weighted by atomic mass is 32.1. The van der Waals surface area contributed by atoms with Gasteiger partial charge in [-0.15, -0.1) is 11.3 Å². The molecular weight excluding hydrogens is 358 g/mol. The van der Waals surface area contributed by atoms with Crippen LogP contribution >= 0.6 is 11.3 Å². The molecule has 2 amide bonds. The molecule has 1 heterocycles. The third-order valence-electron chi connectivity index (χ3n) is 4.73. The Morgan fingerprint density at radius 1 is 1.22 bits per heavy atom. The minimum atomic E-state index is -0.101. The van der Waals surface area contributed by atoms with Gasteiger partial charge in [-0.1, -0.05) is 37.5 Å². The van der Waals surface area contributed by atoms with Gasteiger partial charge in [-0.2, -0.15) is 0 Å². The predicted molar refractivity (Wildman–Crippen MR) is 110 cm³/mol. The van der Waals surface area contributed by atoms with Gasteiger partial charge in [0, 0.05) is 24.9 Å². The van der Waals surface area contributed by atoms with E-state index in [0.717, 1.165) is 12.2 Å². The number of anilines is 2. The Hall–Kier alpha value is -2.47. The molecule has 5 nitrogen and oxygen atoms in total. The van der Waals surface area contributed by atoms with E-state index in [1.165, 1.54) is 56.4 Å². The number of thiazole rings is 1. The maximum absolute atomic E-state index is 12.1. The van der Waals surface area contributed by atoms with Crippen molar-refractivity contribution < 1.29 is 9.59 Å². The first kappa shape index (κ1) is 19.3. The molecule has 3 rings (SSSR count). The number of carbonyl (C=O) groups excluding carboxylic acids is 2. The summed E-state index contributed by atoms with van der Waals surface area (Å²) in [5.74, 6) is 0.412. The molecule has 1 aliphatic carbocycles. The molecule has 2 aromatic rings. The maximum Gasteiger partial charge on any atom is 0.244 e. The molecule has 1 aromatic carbocycles. The van der Waals surface area contributed by atoms with Crippen molar-refractivity contribution in [2.24, 2.45) is 5.92 Å². The van der Waals surface area contributed by atoms with Gasteiger partial charge in [-0.25, -0.2) is 4.98 Å². The minimum absolute atomic E-state index is 0.0957. The Bertz CT molecular complexity index is 795. The van der Waals surface area contributed by atoms with Crippen LogP contribution in [0.2, 0.25) is 0 Å². The van der Waals surface area contributed by atoms with E-state index in [-0.39, 0.29) is 11.8 Å². The van der Waals surface area contributed by atoms with E-state index in [2.05, 4.69) is 10.3 Å². The van der Waals surface area contributed by atoms with Crippen LogP contribution in [-0.4, -0.2) is 23.3 Å². The molecule has 0 aliphatic heterocycles. The first-order chi connectivity index (χ1) is 13.1. The zero-order valence-corrected chi connectivity index (χ0v) is 16.4. The van der Waals surface area contributed by atoms with Gasteiger partial charge in [0.25, 0.3) is 0 Å². The van der Waals surface area contributed by atoms with Crippen molar-refractivity contribution in [3.63, 3.8) is 0 Å². The average molecular weight is 384 g/mol. The zero-order valence-electron chi connectivity index (χ0n) is 15.6. The molecule has 1 aromatic heterocycles. The van der Waals surface area contributed by atoms with Crippen molar-refractivity contribution >= 4 is 40.0 Å². The number of hydrogen-bond donors (Lipinski definition) is 1. The first-order valence-corrected chi connectivity index (χ1v) is 10.3. The fourth-order valence-electron chi connectivity index (χ4n) is 3.32. The van der Waals surface area contributed by atoms with Gasteiger partial charge in [-0.05, 0) is 37.0 Å². The monoisotopic (exact) mass is 383 g/mol. The second kappa shape index (κ2) is 9.46. The van der Waals surface area contributed by atoms with Crippen LogP contribution in [0.3, 0.4) is 0 Å². The summed E-state index contributed by atoms with van der Waals surface area (Å²) >= 11 is 1.38. The van der Waals surface area contributed by atoms with Gasteiger partial charge in [0.1, 0.15) is 0 Å². The molecular formula is C21H25N3O2S. The fourth-order valence-corrected chi connectivity index (χ4v) is 4.17. The van der Waals surface area contributed by atoms with Gasteiger partial charge >= 0.3 is 0 Å². The van der Waals surface area contributed by atoms with E-state index in [1.807, 2.05) is 35.7 Å². The third kappa shape index (κ3) is 5.50. The number of carbonyl (C=O) groups is 2. The van der Waals surface area contributed by atoms with E-state index in [4.69, 9.17) is 0 Å². The molecule has 0 atom stereocenters. The number of nitrogens with one attached hydrogen (secondary N) is 1. The summed E-state index contributed by atoms with van der Waals surface area (Å²) in [5, 5.41) is 5.42. The van der Waals surface area contributed by atoms with Crippen LogP contribution in [0, 0.1) is 5.92 Å². The lowest BCUT2D eigenvalue weighted by Crippen LogP contribution is -2.28. The largest absolute Gasteiger partial charge is 0.352 e. The molecule has 0 saturated heterocycles. The Labute approximate surface area is 164 Å². The Morgan fingerprint density at radius 3 is 2.67 bits per heavy atom. The molecule has 1 aliphatic rings. The van der Waals surface area contributed by atoms with Crippen LogP contribution in [0.4, 0.5) is 10.8 Å². The standard InChI is InChI=1S/C21H25N3O2S/c1-16(25)24(19-10-6-3-7-11-19)21-23-18(15-27-21)12-13-20(26)22-14-17-8-4-2-5-9-17/h3,6-7,10-13,15,17H,2,4-5,8-9,14H2,1H3,(H,22,26)/b13-12+. The number of para-hydroxylation sites is 1. The van der Waals surface area contributed by atoms with Crippen LogP contribution in [0.5, 0.6) is 0 Å². The molecule has 0 radical (unpaired) electrons. The lowest BCUT2D eigenvalue weighted by molar-refractivity contribution is -0.117. The van der Waals surface area contributed by atoms with E-state index in [9.17, 15) is 9.59 Å². The molecule has 27 heavy (non-hydrogen) atoms. The number of aromatic nitrogens is 1. The fraction of sp³-hybridized carbons (Fsp3) is 0.381. The number of amides is 2. The van der Waals surface area contributed by atoms with Gasteiger partial charge in [-0.3, -0.25) is 14.5 Å². The van der Waals surface area contributed by atoms with Crippen molar-refractivity contribution in [2.45, 2.75) is 39.0 Å². The van der Waals surface area contributed by atoms with Crippen LogP contribution in [0.25, 0.3) is 6.08 Å². The maximum atomic E-state index is 12.1. The summed E-state index contributed by atoms with van der Waals surface area (Å²) in [6.07, 6.45) is 9.48. The molecule has 0 bridgehead atoms. The summed E-state index contributed by atoms with van der Waals surface area (Å²) in [7, 11) is 0. The SMILES string of the molecule is CC(=O)N(c1ccccc1)c1nc(/C=C/C(=O)NCC2CCCCC2)cs1. The average Bonchev–Trinajstić information content (AvgIpc) is 3.14. The quantitative estimate of drug-likeness (QED) is 0.745. The zero-order chi connectivity index (χ0) is 19.1. The Balaban J connectivity index is 1.60. The van der Waals surface area contributed by atoms with Crippen LogP contribution in [0.15, 0.2) is 41.8 Å². The number of nitrogens with zero attached hydrogens (tertiary/aromatic N) is 2. The molecule has 1 N–H and O–H groups in total. The highest BCUT2D eigenvalue weighted by Crippen LogP contribution is 2.29. The lowest BCUT2D eigenvalue weighted by Gasteiger charge is -2.21. The van der Waals surface area contributed by atoms with Gasteiger partial charge in [0.05, 0.1) is 11.4 Å². The molecule has 0 unspecified atom stereocenters. The van der Waals surface area contributed by atoms with Crippen LogP contribution in [0.1, 0.15) is 44.7 Å². The normalized spacial score (nSPS) is 15.0. The van der Waals surface area contributed by atoms with E-state index in [1.54, 1.807) is 11.0 Å². The summed E-state index contributed by atoms with van der Waals surface area (Å²) in [6, 6.07) is 9.42. The van der Waals surface area contributed by atoms with Crippen molar-refractivity contribution in [2.75, 3.05) is 11.4 Å². The second-order valence-corrected chi connectivity index (χ2v) is 7.66.